The molecule has 2 rings (SSSR count). The van der Waals surface area contributed by atoms with Crippen LogP contribution in [0.25, 0.3) is 0 Å². The molecule has 0 saturated carbocycles. The van der Waals surface area contributed by atoms with E-state index >= 15 is 0 Å². The second-order valence-corrected chi connectivity index (χ2v) is 6.70. The summed E-state index contributed by atoms with van der Waals surface area (Å²) in [6, 6.07) is 4.16. The first-order valence-corrected chi connectivity index (χ1v) is 7.54. The Morgan fingerprint density at radius 1 is 1.35 bits per heavy atom. The summed E-state index contributed by atoms with van der Waals surface area (Å²) in [4.78, 5) is 6.93. The third kappa shape index (κ3) is 4.18. The number of piperidine rings is 1. The van der Waals surface area contributed by atoms with E-state index in [-0.39, 0.29) is 5.54 Å². The molecule has 112 valence electrons. The van der Waals surface area contributed by atoms with E-state index in [2.05, 4.69) is 42.0 Å². The number of nitrogens with one attached hydrogen (secondary N) is 1. The van der Waals surface area contributed by atoms with Gasteiger partial charge in [0.2, 0.25) is 0 Å². The maximum atomic E-state index is 9.23. The SMILES string of the molecule is CC(C)(C)NCc1cccnc1N1CCC(CO)CC1. The number of nitrogens with zero attached hydrogens (tertiary/aromatic N) is 2. The van der Waals surface area contributed by atoms with Crippen LogP contribution in [0.3, 0.4) is 0 Å². The highest BCUT2D eigenvalue weighted by molar-refractivity contribution is 5.47. The van der Waals surface area contributed by atoms with E-state index in [0.29, 0.717) is 12.5 Å². The van der Waals surface area contributed by atoms with E-state index in [9.17, 15) is 5.11 Å². The third-order valence-electron chi connectivity index (χ3n) is 3.85. The highest BCUT2D eigenvalue weighted by Gasteiger charge is 2.21. The molecule has 0 unspecified atom stereocenters. The summed E-state index contributed by atoms with van der Waals surface area (Å²) in [5.41, 5.74) is 1.36. The second-order valence-electron chi connectivity index (χ2n) is 6.70. The fraction of sp³-hybridized carbons (Fsp3) is 0.688. The number of hydrogen-bond donors (Lipinski definition) is 2. The van der Waals surface area contributed by atoms with Gasteiger partial charge in [-0.05, 0) is 45.6 Å². The number of aromatic nitrogens is 1. The number of aliphatic hydroxyl groups excluding tert-OH is 1. The zero-order chi connectivity index (χ0) is 14.6. The normalized spacial score (nSPS) is 17.5. The van der Waals surface area contributed by atoms with Crippen molar-refractivity contribution in [2.75, 3.05) is 24.6 Å². The van der Waals surface area contributed by atoms with Crippen molar-refractivity contribution in [1.29, 1.82) is 0 Å². The smallest absolute Gasteiger partial charge is 0.133 e. The van der Waals surface area contributed by atoms with Crippen LogP contribution in [0.5, 0.6) is 0 Å². The molecule has 4 nitrogen and oxygen atoms in total. The van der Waals surface area contributed by atoms with E-state index in [1.54, 1.807) is 0 Å². The highest BCUT2D eigenvalue weighted by atomic mass is 16.3. The van der Waals surface area contributed by atoms with Gasteiger partial charge in [0.25, 0.3) is 0 Å². The number of anilines is 1. The summed E-state index contributed by atoms with van der Waals surface area (Å²) in [5, 5.41) is 12.8. The molecule has 0 aliphatic carbocycles. The molecule has 0 amide bonds. The fourth-order valence-electron chi connectivity index (χ4n) is 2.54. The van der Waals surface area contributed by atoms with Gasteiger partial charge in [-0.25, -0.2) is 4.98 Å². The van der Waals surface area contributed by atoms with Crippen LogP contribution in [0.2, 0.25) is 0 Å². The van der Waals surface area contributed by atoms with Crippen LogP contribution < -0.4 is 10.2 Å². The molecule has 1 aliphatic rings. The van der Waals surface area contributed by atoms with Crippen LogP contribution in [0.4, 0.5) is 5.82 Å². The predicted octanol–water partition coefficient (Wildman–Crippen LogP) is 2.18. The zero-order valence-electron chi connectivity index (χ0n) is 12.9. The van der Waals surface area contributed by atoms with Crippen molar-refractivity contribution in [3.8, 4) is 0 Å². The average molecular weight is 277 g/mol. The van der Waals surface area contributed by atoms with E-state index < -0.39 is 0 Å². The first-order chi connectivity index (χ1) is 9.49. The average Bonchev–Trinajstić information content (AvgIpc) is 2.45. The largest absolute Gasteiger partial charge is 0.396 e. The minimum Gasteiger partial charge on any atom is -0.396 e. The summed E-state index contributed by atoms with van der Waals surface area (Å²) in [5.74, 6) is 1.56. The predicted molar refractivity (Wildman–Crippen MR) is 82.9 cm³/mol. The summed E-state index contributed by atoms with van der Waals surface area (Å²) in [6.45, 7) is 9.66. The molecular weight excluding hydrogens is 250 g/mol. The number of aliphatic hydroxyl groups is 1. The molecule has 1 fully saturated rings. The topological polar surface area (TPSA) is 48.4 Å². The van der Waals surface area contributed by atoms with E-state index in [1.807, 2.05) is 12.3 Å². The second kappa shape index (κ2) is 6.55. The van der Waals surface area contributed by atoms with Crippen LogP contribution in [0.1, 0.15) is 39.2 Å². The molecule has 1 saturated heterocycles. The quantitative estimate of drug-likeness (QED) is 0.885. The van der Waals surface area contributed by atoms with Gasteiger partial charge in [0.15, 0.2) is 0 Å². The molecule has 0 aromatic carbocycles. The lowest BCUT2D eigenvalue weighted by Crippen LogP contribution is -2.38. The number of hydrogen-bond acceptors (Lipinski definition) is 4. The third-order valence-corrected chi connectivity index (χ3v) is 3.85. The van der Waals surface area contributed by atoms with E-state index in [1.165, 1.54) is 5.56 Å². The highest BCUT2D eigenvalue weighted by Crippen LogP contribution is 2.24. The van der Waals surface area contributed by atoms with Crippen molar-refractivity contribution in [2.45, 2.75) is 45.7 Å². The first-order valence-electron chi connectivity index (χ1n) is 7.54. The summed E-state index contributed by atoms with van der Waals surface area (Å²) < 4.78 is 0. The lowest BCUT2D eigenvalue weighted by Gasteiger charge is -2.33. The minimum atomic E-state index is 0.108. The Bertz CT molecular complexity index is 420. The fourth-order valence-corrected chi connectivity index (χ4v) is 2.54. The van der Waals surface area contributed by atoms with Gasteiger partial charge in [0, 0.05) is 43.5 Å². The molecule has 20 heavy (non-hydrogen) atoms. The van der Waals surface area contributed by atoms with Crippen LogP contribution in [-0.4, -0.2) is 35.3 Å². The maximum absolute atomic E-state index is 9.23. The summed E-state index contributed by atoms with van der Waals surface area (Å²) in [6.07, 6.45) is 3.98. The van der Waals surface area contributed by atoms with Gasteiger partial charge in [0.1, 0.15) is 5.82 Å². The monoisotopic (exact) mass is 277 g/mol. The molecule has 0 atom stereocenters. The lowest BCUT2D eigenvalue weighted by atomic mass is 9.97. The Hall–Kier alpha value is -1.13. The van der Waals surface area contributed by atoms with Crippen LogP contribution >= 0.6 is 0 Å². The van der Waals surface area contributed by atoms with Crippen LogP contribution in [0.15, 0.2) is 18.3 Å². The maximum Gasteiger partial charge on any atom is 0.133 e. The van der Waals surface area contributed by atoms with Gasteiger partial charge in [0.05, 0.1) is 0 Å². The molecular formula is C16H27N3O. The molecule has 0 spiro atoms. The molecule has 4 heteroatoms. The van der Waals surface area contributed by atoms with Gasteiger partial charge in [-0.1, -0.05) is 6.07 Å². The molecule has 1 aromatic rings. The number of pyridine rings is 1. The Kier molecular flexibility index (Phi) is 5.00. The van der Waals surface area contributed by atoms with E-state index in [4.69, 9.17) is 0 Å². The molecule has 0 bridgehead atoms. The van der Waals surface area contributed by atoms with Gasteiger partial charge >= 0.3 is 0 Å². The molecule has 1 aromatic heterocycles. The Morgan fingerprint density at radius 2 is 2.05 bits per heavy atom. The van der Waals surface area contributed by atoms with Crippen molar-refractivity contribution in [1.82, 2.24) is 10.3 Å². The first kappa shape index (κ1) is 15.3. The minimum absolute atomic E-state index is 0.108. The van der Waals surface area contributed by atoms with Crippen molar-refractivity contribution >= 4 is 5.82 Å². The van der Waals surface area contributed by atoms with Gasteiger partial charge < -0.3 is 15.3 Å². The van der Waals surface area contributed by atoms with Crippen molar-refractivity contribution in [3.63, 3.8) is 0 Å². The summed E-state index contributed by atoms with van der Waals surface area (Å²) in [7, 11) is 0. The zero-order valence-corrected chi connectivity index (χ0v) is 12.9. The molecule has 2 N–H and O–H groups in total. The van der Waals surface area contributed by atoms with Crippen molar-refractivity contribution in [3.05, 3.63) is 23.9 Å². The number of rotatable bonds is 4. The Balaban J connectivity index is 2.04. The summed E-state index contributed by atoms with van der Waals surface area (Å²) >= 11 is 0. The van der Waals surface area contributed by atoms with E-state index in [0.717, 1.165) is 38.3 Å². The Morgan fingerprint density at radius 3 is 2.65 bits per heavy atom. The van der Waals surface area contributed by atoms with Crippen molar-refractivity contribution in [2.24, 2.45) is 5.92 Å². The molecule has 2 heterocycles. The van der Waals surface area contributed by atoms with Crippen LogP contribution in [0, 0.1) is 5.92 Å². The van der Waals surface area contributed by atoms with Gasteiger partial charge in [-0.15, -0.1) is 0 Å². The standard InChI is InChI=1S/C16H27N3O/c1-16(2,3)18-11-14-5-4-8-17-15(14)19-9-6-13(12-20)7-10-19/h4-5,8,13,18,20H,6-7,9-12H2,1-3H3. The molecule has 1 aliphatic heterocycles. The molecule has 0 radical (unpaired) electrons. The van der Waals surface area contributed by atoms with Gasteiger partial charge in [-0.3, -0.25) is 0 Å². The van der Waals surface area contributed by atoms with Crippen LogP contribution in [-0.2, 0) is 6.54 Å². The Labute approximate surface area is 122 Å². The lowest BCUT2D eigenvalue weighted by molar-refractivity contribution is 0.202. The van der Waals surface area contributed by atoms with Gasteiger partial charge in [-0.2, -0.15) is 0 Å². The van der Waals surface area contributed by atoms with Crippen molar-refractivity contribution < 1.29 is 5.11 Å².